The number of para-hydroxylation sites is 2. The van der Waals surface area contributed by atoms with Crippen LogP contribution in [0, 0.1) is 0 Å². The van der Waals surface area contributed by atoms with Crippen LogP contribution in [-0.4, -0.2) is 28.0 Å². The monoisotopic (exact) mass is 256 g/mol. The molecular weight excluding hydrogens is 240 g/mol. The van der Waals surface area contributed by atoms with Gasteiger partial charge in [-0.1, -0.05) is 12.1 Å². The van der Waals surface area contributed by atoms with Crippen LogP contribution in [0.15, 0.2) is 43.0 Å². The van der Waals surface area contributed by atoms with Crippen LogP contribution in [0.3, 0.4) is 0 Å². The van der Waals surface area contributed by atoms with Gasteiger partial charge in [0.05, 0.1) is 23.7 Å². The minimum Gasteiger partial charge on any atom is -0.323 e. The molecule has 1 saturated heterocycles. The van der Waals surface area contributed by atoms with Gasteiger partial charge < -0.3 is 15.2 Å². The highest BCUT2D eigenvalue weighted by molar-refractivity contribution is 5.96. The lowest BCUT2D eigenvalue weighted by Crippen LogP contribution is -2.35. The molecule has 98 valence electrons. The Kier molecular flexibility index (Phi) is 3.29. The Morgan fingerprint density at radius 2 is 2.32 bits per heavy atom. The first-order valence-corrected chi connectivity index (χ1v) is 6.46. The van der Waals surface area contributed by atoms with Crippen molar-refractivity contribution in [3.05, 3.63) is 43.0 Å². The SMILES string of the molecule is O=C(Nc1ccccc1-n1ccnc1)C1CCCN1. The van der Waals surface area contributed by atoms with E-state index in [2.05, 4.69) is 15.6 Å². The summed E-state index contributed by atoms with van der Waals surface area (Å²) in [7, 11) is 0. The normalized spacial score (nSPS) is 18.4. The highest BCUT2D eigenvalue weighted by Crippen LogP contribution is 2.20. The average Bonchev–Trinajstić information content (AvgIpc) is 3.13. The van der Waals surface area contributed by atoms with Crippen molar-refractivity contribution in [2.75, 3.05) is 11.9 Å². The van der Waals surface area contributed by atoms with E-state index >= 15 is 0 Å². The van der Waals surface area contributed by atoms with E-state index in [1.807, 2.05) is 35.0 Å². The second kappa shape index (κ2) is 5.24. The summed E-state index contributed by atoms with van der Waals surface area (Å²) >= 11 is 0. The molecule has 2 aromatic rings. The van der Waals surface area contributed by atoms with Crippen LogP contribution < -0.4 is 10.6 Å². The number of benzene rings is 1. The van der Waals surface area contributed by atoms with Crippen molar-refractivity contribution in [1.82, 2.24) is 14.9 Å². The molecule has 5 heteroatoms. The zero-order chi connectivity index (χ0) is 13.1. The van der Waals surface area contributed by atoms with Gasteiger partial charge in [0.2, 0.25) is 5.91 Å². The van der Waals surface area contributed by atoms with Gasteiger partial charge in [0.15, 0.2) is 0 Å². The maximum atomic E-state index is 12.1. The molecule has 0 aliphatic carbocycles. The molecule has 1 aliphatic rings. The summed E-state index contributed by atoms with van der Waals surface area (Å²) < 4.78 is 1.89. The molecule has 0 saturated carbocycles. The fourth-order valence-corrected chi connectivity index (χ4v) is 2.33. The third kappa shape index (κ3) is 2.51. The predicted octanol–water partition coefficient (Wildman–Crippen LogP) is 1.56. The lowest BCUT2D eigenvalue weighted by Gasteiger charge is -2.14. The van der Waals surface area contributed by atoms with Crippen molar-refractivity contribution >= 4 is 11.6 Å². The van der Waals surface area contributed by atoms with Crippen molar-refractivity contribution in [2.45, 2.75) is 18.9 Å². The topological polar surface area (TPSA) is 59.0 Å². The van der Waals surface area contributed by atoms with E-state index in [0.717, 1.165) is 30.8 Å². The first-order valence-electron chi connectivity index (χ1n) is 6.46. The Hall–Kier alpha value is -2.14. The number of carbonyl (C=O) groups is 1. The lowest BCUT2D eigenvalue weighted by molar-refractivity contribution is -0.117. The van der Waals surface area contributed by atoms with E-state index in [1.54, 1.807) is 12.5 Å². The molecule has 0 bridgehead atoms. The molecule has 2 N–H and O–H groups in total. The molecule has 5 nitrogen and oxygen atoms in total. The van der Waals surface area contributed by atoms with E-state index in [0.29, 0.717) is 0 Å². The first kappa shape index (κ1) is 11.9. The number of hydrogen-bond acceptors (Lipinski definition) is 3. The minimum absolute atomic E-state index is 0.0325. The molecule has 1 aromatic carbocycles. The van der Waals surface area contributed by atoms with Crippen LogP contribution >= 0.6 is 0 Å². The van der Waals surface area contributed by atoms with Gasteiger partial charge in [-0.25, -0.2) is 4.98 Å². The molecule has 0 radical (unpaired) electrons. The van der Waals surface area contributed by atoms with Crippen molar-refractivity contribution < 1.29 is 4.79 Å². The Labute approximate surface area is 111 Å². The van der Waals surface area contributed by atoms with Crippen LogP contribution in [-0.2, 0) is 4.79 Å². The molecule has 1 aliphatic heterocycles. The summed E-state index contributed by atoms with van der Waals surface area (Å²) in [5.41, 5.74) is 1.73. The minimum atomic E-state index is -0.0733. The van der Waals surface area contributed by atoms with Gasteiger partial charge in [0.25, 0.3) is 0 Å². The maximum Gasteiger partial charge on any atom is 0.241 e. The second-order valence-electron chi connectivity index (χ2n) is 4.63. The fraction of sp³-hybridized carbons (Fsp3) is 0.286. The van der Waals surface area contributed by atoms with Crippen LogP contribution in [0.1, 0.15) is 12.8 Å². The summed E-state index contributed by atoms with van der Waals surface area (Å²) in [6.07, 6.45) is 7.26. The van der Waals surface area contributed by atoms with E-state index in [1.165, 1.54) is 0 Å². The van der Waals surface area contributed by atoms with Gasteiger partial charge in [-0.05, 0) is 31.5 Å². The zero-order valence-corrected chi connectivity index (χ0v) is 10.5. The summed E-state index contributed by atoms with van der Waals surface area (Å²) in [6, 6.07) is 7.65. The molecule has 0 spiro atoms. The van der Waals surface area contributed by atoms with Crippen LogP contribution in [0.25, 0.3) is 5.69 Å². The van der Waals surface area contributed by atoms with E-state index < -0.39 is 0 Å². The number of hydrogen-bond donors (Lipinski definition) is 2. The fourth-order valence-electron chi connectivity index (χ4n) is 2.33. The van der Waals surface area contributed by atoms with Crippen LogP contribution in [0.4, 0.5) is 5.69 Å². The number of imidazole rings is 1. The lowest BCUT2D eigenvalue weighted by atomic mass is 10.2. The highest BCUT2D eigenvalue weighted by atomic mass is 16.2. The summed E-state index contributed by atoms with van der Waals surface area (Å²) in [6.45, 7) is 0.918. The molecule has 1 fully saturated rings. The summed E-state index contributed by atoms with van der Waals surface area (Å²) in [4.78, 5) is 16.2. The van der Waals surface area contributed by atoms with Gasteiger partial charge in [-0.15, -0.1) is 0 Å². The van der Waals surface area contributed by atoms with E-state index in [4.69, 9.17) is 0 Å². The molecule has 1 unspecified atom stereocenters. The molecular formula is C14H16N4O. The van der Waals surface area contributed by atoms with Gasteiger partial charge >= 0.3 is 0 Å². The largest absolute Gasteiger partial charge is 0.323 e. The number of nitrogens with zero attached hydrogens (tertiary/aromatic N) is 2. The molecule has 19 heavy (non-hydrogen) atoms. The zero-order valence-electron chi connectivity index (χ0n) is 10.5. The molecule has 1 amide bonds. The Morgan fingerprint density at radius 3 is 3.05 bits per heavy atom. The smallest absolute Gasteiger partial charge is 0.241 e. The van der Waals surface area contributed by atoms with E-state index in [-0.39, 0.29) is 11.9 Å². The van der Waals surface area contributed by atoms with E-state index in [9.17, 15) is 4.79 Å². The Balaban J connectivity index is 1.83. The van der Waals surface area contributed by atoms with Crippen molar-refractivity contribution in [2.24, 2.45) is 0 Å². The van der Waals surface area contributed by atoms with Gasteiger partial charge in [0.1, 0.15) is 0 Å². The number of aromatic nitrogens is 2. The van der Waals surface area contributed by atoms with Crippen molar-refractivity contribution in [1.29, 1.82) is 0 Å². The average molecular weight is 256 g/mol. The van der Waals surface area contributed by atoms with Gasteiger partial charge in [-0.3, -0.25) is 4.79 Å². The Morgan fingerprint density at radius 1 is 1.42 bits per heavy atom. The quantitative estimate of drug-likeness (QED) is 0.876. The summed E-state index contributed by atoms with van der Waals surface area (Å²) in [5.74, 6) is 0.0325. The third-order valence-electron chi connectivity index (χ3n) is 3.32. The van der Waals surface area contributed by atoms with Crippen LogP contribution in [0.2, 0.25) is 0 Å². The predicted molar refractivity (Wildman–Crippen MR) is 73.2 cm³/mol. The number of amides is 1. The van der Waals surface area contributed by atoms with Crippen molar-refractivity contribution in [3.8, 4) is 5.69 Å². The van der Waals surface area contributed by atoms with Crippen LogP contribution in [0.5, 0.6) is 0 Å². The number of nitrogens with one attached hydrogen (secondary N) is 2. The molecule has 3 rings (SSSR count). The second-order valence-corrected chi connectivity index (χ2v) is 4.63. The Bertz CT molecular complexity index is 559. The van der Waals surface area contributed by atoms with Gasteiger partial charge in [0, 0.05) is 12.4 Å². The summed E-state index contributed by atoms with van der Waals surface area (Å²) in [5, 5.41) is 6.19. The molecule has 1 atom stereocenters. The van der Waals surface area contributed by atoms with Crippen molar-refractivity contribution in [3.63, 3.8) is 0 Å². The number of carbonyl (C=O) groups excluding carboxylic acids is 1. The highest BCUT2D eigenvalue weighted by Gasteiger charge is 2.22. The first-order chi connectivity index (χ1) is 9.34. The standard InChI is InChI=1S/C14H16N4O/c19-14(12-5-3-7-16-12)17-11-4-1-2-6-13(11)18-9-8-15-10-18/h1-2,4,6,8-10,12,16H,3,5,7H2,(H,17,19). The maximum absolute atomic E-state index is 12.1. The molecule has 1 aromatic heterocycles. The third-order valence-corrected chi connectivity index (χ3v) is 3.32. The number of anilines is 1. The van der Waals surface area contributed by atoms with Gasteiger partial charge in [-0.2, -0.15) is 0 Å². The number of rotatable bonds is 3. The molecule has 2 heterocycles.